The number of fused-ring (bicyclic) bond motifs is 1. The zero-order chi connectivity index (χ0) is 24.5. The highest BCUT2D eigenvalue weighted by Crippen LogP contribution is 2.41. The lowest BCUT2D eigenvalue weighted by Gasteiger charge is -2.39. The second-order valence-electron chi connectivity index (χ2n) is 9.71. The first-order valence-corrected chi connectivity index (χ1v) is 11.8. The van der Waals surface area contributed by atoms with Gasteiger partial charge >= 0.3 is 0 Å². The highest BCUT2D eigenvalue weighted by Gasteiger charge is 2.44. The molecule has 1 atom stereocenters. The van der Waals surface area contributed by atoms with E-state index < -0.39 is 6.04 Å². The molecule has 1 aromatic carbocycles. The first kappa shape index (κ1) is 23.9. The van der Waals surface area contributed by atoms with Gasteiger partial charge in [-0.25, -0.2) is 0 Å². The Kier molecular flexibility index (Phi) is 6.68. The lowest BCUT2D eigenvalue weighted by atomic mass is 9.77. The Balaban J connectivity index is 1.39. The molecule has 1 N–H and O–H groups in total. The van der Waals surface area contributed by atoms with E-state index in [-0.39, 0.29) is 23.1 Å². The minimum atomic E-state index is -0.572. The predicted molar refractivity (Wildman–Crippen MR) is 129 cm³/mol. The van der Waals surface area contributed by atoms with E-state index in [4.69, 9.17) is 9.15 Å². The summed E-state index contributed by atoms with van der Waals surface area (Å²) >= 11 is 0. The number of benzene rings is 1. The zero-order valence-corrected chi connectivity index (χ0v) is 20.2. The van der Waals surface area contributed by atoms with Crippen molar-refractivity contribution in [2.45, 2.75) is 45.6 Å². The van der Waals surface area contributed by atoms with E-state index in [1.165, 1.54) is 6.92 Å². The molecular formula is C26H33N3O5. The van der Waals surface area contributed by atoms with E-state index in [1.54, 1.807) is 13.2 Å². The second-order valence-corrected chi connectivity index (χ2v) is 9.71. The van der Waals surface area contributed by atoms with Crippen molar-refractivity contribution in [1.29, 1.82) is 0 Å². The molecule has 1 aromatic heterocycles. The van der Waals surface area contributed by atoms with Crippen LogP contribution >= 0.6 is 0 Å². The summed E-state index contributed by atoms with van der Waals surface area (Å²) in [6, 6.07) is 6.78. The number of amides is 3. The molecule has 2 saturated heterocycles. The summed E-state index contributed by atoms with van der Waals surface area (Å²) in [4.78, 5) is 41.5. The Bertz CT molecular complexity index is 1100. The molecule has 4 rings (SSSR count). The highest BCUT2D eigenvalue weighted by molar-refractivity contribution is 5.97. The monoisotopic (exact) mass is 467 g/mol. The van der Waals surface area contributed by atoms with Crippen LogP contribution in [0.2, 0.25) is 0 Å². The topological polar surface area (TPSA) is 92.1 Å². The number of piperidine rings is 1. The fourth-order valence-electron chi connectivity index (χ4n) is 5.19. The van der Waals surface area contributed by atoms with Gasteiger partial charge in [-0.3, -0.25) is 14.4 Å². The predicted octanol–water partition coefficient (Wildman–Crippen LogP) is 3.37. The number of methoxy groups -OCH3 is 1. The fourth-order valence-corrected chi connectivity index (χ4v) is 5.19. The van der Waals surface area contributed by atoms with Crippen LogP contribution in [0, 0.1) is 5.41 Å². The molecule has 0 radical (unpaired) electrons. The highest BCUT2D eigenvalue weighted by atomic mass is 16.5. The van der Waals surface area contributed by atoms with Crippen LogP contribution in [0.5, 0.6) is 5.75 Å². The number of para-hydroxylation sites is 1. The molecule has 34 heavy (non-hydrogen) atoms. The molecule has 0 saturated carbocycles. The maximum absolute atomic E-state index is 13.1. The number of ether oxygens (including phenoxy) is 1. The molecule has 0 aliphatic carbocycles. The van der Waals surface area contributed by atoms with Gasteiger partial charge in [0.1, 0.15) is 6.04 Å². The first-order valence-electron chi connectivity index (χ1n) is 11.8. The molecule has 0 bridgehead atoms. The average Bonchev–Trinajstić information content (AvgIpc) is 3.42. The van der Waals surface area contributed by atoms with Crippen LogP contribution < -0.4 is 10.1 Å². The van der Waals surface area contributed by atoms with Gasteiger partial charge in [-0.15, -0.1) is 6.58 Å². The summed E-state index contributed by atoms with van der Waals surface area (Å²) in [6.45, 7) is 9.74. The third-order valence-electron chi connectivity index (χ3n) is 7.03. The summed E-state index contributed by atoms with van der Waals surface area (Å²) < 4.78 is 11.2. The van der Waals surface area contributed by atoms with Crippen molar-refractivity contribution in [3.05, 3.63) is 42.2 Å². The molecule has 2 fully saturated rings. The van der Waals surface area contributed by atoms with Crippen LogP contribution in [0.4, 0.5) is 0 Å². The van der Waals surface area contributed by atoms with Gasteiger partial charge in [0.25, 0.3) is 5.91 Å². The lowest BCUT2D eigenvalue weighted by molar-refractivity contribution is -0.135. The third kappa shape index (κ3) is 4.81. The largest absolute Gasteiger partial charge is 0.493 e. The quantitative estimate of drug-likeness (QED) is 0.658. The van der Waals surface area contributed by atoms with E-state index in [0.29, 0.717) is 49.7 Å². The number of furan rings is 1. The molecule has 1 spiro atoms. The van der Waals surface area contributed by atoms with Crippen molar-refractivity contribution in [2.75, 3.05) is 33.3 Å². The molecular weight excluding hydrogens is 434 g/mol. The van der Waals surface area contributed by atoms with E-state index in [0.717, 1.165) is 30.2 Å². The van der Waals surface area contributed by atoms with Crippen LogP contribution in [-0.4, -0.2) is 66.9 Å². The maximum atomic E-state index is 13.1. The number of rotatable bonds is 6. The summed E-state index contributed by atoms with van der Waals surface area (Å²) in [5.41, 5.74) is 1.44. The number of carbonyl (C=O) groups is 3. The van der Waals surface area contributed by atoms with Crippen molar-refractivity contribution in [1.82, 2.24) is 15.1 Å². The minimum Gasteiger partial charge on any atom is -0.493 e. The maximum Gasteiger partial charge on any atom is 0.289 e. The van der Waals surface area contributed by atoms with E-state index in [2.05, 4.69) is 11.9 Å². The number of carbonyl (C=O) groups excluding carboxylic acids is 3. The Labute approximate surface area is 199 Å². The number of hydrogen-bond acceptors (Lipinski definition) is 5. The molecule has 2 aliphatic rings. The van der Waals surface area contributed by atoms with E-state index in [1.807, 2.05) is 34.9 Å². The van der Waals surface area contributed by atoms with Gasteiger partial charge in [-0.05, 0) is 50.2 Å². The number of likely N-dealkylation sites (tertiary alicyclic amines) is 2. The van der Waals surface area contributed by atoms with Gasteiger partial charge in [0.15, 0.2) is 17.1 Å². The van der Waals surface area contributed by atoms with Gasteiger partial charge in [0.2, 0.25) is 11.8 Å². The van der Waals surface area contributed by atoms with Crippen molar-refractivity contribution >= 4 is 28.7 Å². The van der Waals surface area contributed by atoms with Crippen LogP contribution in [0.15, 0.2) is 40.8 Å². The van der Waals surface area contributed by atoms with Gasteiger partial charge in [-0.1, -0.05) is 17.7 Å². The Morgan fingerprint density at radius 1 is 1.15 bits per heavy atom. The standard InChI is InChI=1S/C26H33N3O5/c1-17(2)14-20(27-18(3)30)24(31)29-13-10-26(16-29)8-11-28(12-9-26)25(32)22-15-19-6-5-7-21(33-4)23(19)34-22/h5-7,15,20H,1,8-14,16H2,2-4H3,(H,27,30). The average molecular weight is 468 g/mol. The van der Waals surface area contributed by atoms with Gasteiger partial charge < -0.3 is 24.3 Å². The molecule has 8 nitrogen and oxygen atoms in total. The molecule has 2 aromatic rings. The van der Waals surface area contributed by atoms with Crippen LogP contribution in [0.1, 0.15) is 50.1 Å². The van der Waals surface area contributed by atoms with Crippen LogP contribution in [0.3, 0.4) is 0 Å². The lowest BCUT2D eigenvalue weighted by Crippen LogP contribution is -2.49. The summed E-state index contributed by atoms with van der Waals surface area (Å²) in [5, 5.41) is 3.61. The number of nitrogens with zero attached hydrogens (tertiary/aromatic N) is 2. The SMILES string of the molecule is C=C(C)CC(NC(C)=O)C(=O)N1CCC2(CCN(C(=O)c3cc4cccc(OC)c4o3)CC2)C1. The Morgan fingerprint density at radius 3 is 2.44 bits per heavy atom. The second kappa shape index (κ2) is 9.52. The van der Waals surface area contributed by atoms with Gasteiger partial charge in [0.05, 0.1) is 7.11 Å². The van der Waals surface area contributed by atoms with Crippen molar-refractivity contribution in [3.63, 3.8) is 0 Å². The molecule has 8 heteroatoms. The smallest absolute Gasteiger partial charge is 0.289 e. The Morgan fingerprint density at radius 2 is 1.82 bits per heavy atom. The Hall–Kier alpha value is -3.29. The number of hydrogen-bond donors (Lipinski definition) is 1. The summed E-state index contributed by atoms with van der Waals surface area (Å²) in [7, 11) is 1.58. The molecule has 182 valence electrons. The van der Waals surface area contributed by atoms with Gasteiger partial charge in [0, 0.05) is 38.5 Å². The third-order valence-corrected chi connectivity index (χ3v) is 7.03. The molecule has 2 aliphatic heterocycles. The van der Waals surface area contributed by atoms with Crippen molar-refractivity contribution < 1.29 is 23.5 Å². The van der Waals surface area contributed by atoms with E-state index >= 15 is 0 Å². The molecule has 1 unspecified atom stereocenters. The minimum absolute atomic E-state index is 0.00747. The van der Waals surface area contributed by atoms with E-state index in [9.17, 15) is 14.4 Å². The molecule has 3 heterocycles. The van der Waals surface area contributed by atoms with Crippen molar-refractivity contribution in [2.24, 2.45) is 5.41 Å². The van der Waals surface area contributed by atoms with Crippen molar-refractivity contribution in [3.8, 4) is 5.75 Å². The fraction of sp³-hybridized carbons (Fsp3) is 0.500. The van der Waals surface area contributed by atoms with Crippen LogP contribution in [-0.2, 0) is 9.59 Å². The number of nitrogens with one attached hydrogen (secondary N) is 1. The summed E-state index contributed by atoms with van der Waals surface area (Å²) in [5.74, 6) is 0.533. The van der Waals surface area contributed by atoms with Gasteiger partial charge in [-0.2, -0.15) is 0 Å². The zero-order valence-electron chi connectivity index (χ0n) is 20.2. The normalized spacial score (nSPS) is 18.2. The molecule has 3 amide bonds. The summed E-state index contributed by atoms with van der Waals surface area (Å²) in [6.07, 6.45) is 3.00. The van der Waals surface area contributed by atoms with Crippen LogP contribution in [0.25, 0.3) is 11.0 Å². The first-order chi connectivity index (χ1) is 16.2.